The van der Waals surface area contributed by atoms with Crippen molar-refractivity contribution in [1.82, 2.24) is 0 Å². The third-order valence-corrected chi connectivity index (χ3v) is 3.18. The molecule has 4 heteroatoms. The Bertz CT molecular complexity index is 571. The number of hydrogen-bond donors (Lipinski definition) is 1. The summed E-state index contributed by atoms with van der Waals surface area (Å²) in [5.41, 5.74) is 1.58. The number of aromatic hydroxyl groups is 1. The van der Waals surface area contributed by atoms with Crippen molar-refractivity contribution in [3.05, 3.63) is 53.3 Å². The van der Waals surface area contributed by atoms with Gasteiger partial charge in [-0.25, -0.2) is 4.39 Å². The molecule has 0 aliphatic rings. The van der Waals surface area contributed by atoms with Crippen LogP contribution in [-0.2, 0) is 12.8 Å². The molecule has 2 aromatic carbocycles. The highest BCUT2D eigenvalue weighted by atomic mass is 19.1. The van der Waals surface area contributed by atoms with Crippen LogP contribution in [0.1, 0.15) is 11.1 Å². The van der Waals surface area contributed by atoms with E-state index >= 15 is 0 Å². The summed E-state index contributed by atoms with van der Waals surface area (Å²) < 4.78 is 23.8. The second kappa shape index (κ2) is 6.28. The molecule has 0 atom stereocenters. The van der Waals surface area contributed by atoms with Crippen molar-refractivity contribution in [3.8, 4) is 17.2 Å². The minimum absolute atomic E-state index is 0.0235. The predicted molar refractivity (Wildman–Crippen MR) is 75.0 cm³/mol. The Hall–Kier alpha value is -2.23. The number of hydrogen-bond acceptors (Lipinski definition) is 3. The maximum Gasteiger partial charge on any atom is 0.200 e. The van der Waals surface area contributed by atoms with Crippen molar-refractivity contribution in [1.29, 1.82) is 0 Å². The number of aryl methyl sites for hydroxylation is 2. The average Bonchev–Trinajstić information content (AvgIpc) is 2.47. The summed E-state index contributed by atoms with van der Waals surface area (Å²) in [4.78, 5) is 0. The second-order valence-corrected chi connectivity index (χ2v) is 4.44. The molecule has 0 spiro atoms. The fraction of sp³-hybridized carbons (Fsp3) is 0.250. The normalized spacial score (nSPS) is 10.3. The van der Waals surface area contributed by atoms with Crippen molar-refractivity contribution in [3.63, 3.8) is 0 Å². The number of phenolic OH excluding ortho intramolecular Hbond substituents is 1. The molecule has 0 radical (unpaired) electrons. The number of methoxy groups -OCH3 is 2. The summed E-state index contributed by atoms with van der Waals surface area (Å²) in [6.07, 6.45) is 1.21. The first-order valence-electron chi connectivity index (χ1n) is 6.33. The van der Waals surface area contributed by atoms with Gasteiger partial charge in [-0.1, -0.05) is 18.2 Å². The minimum Gasteiger partial charge on any atom is -0.502 e. The van der Waals surface area contributed by atoms with Crippen LogP contribution in [0.25, 0.3) is 0 Å². The van der Waals surface area contributed by atoms with Crippen molar-refractivity contribution < 1.29 is 19.0 Å². The fourth-order valence-electron chi connectivity index (χ4n) is 2.07. The van der Waals surface area contributed by atoms with E-state index in [1.807, 2.05) is 6.07 Å². The molecule has 2 rings (SSSR count). The largest absolute Gasteiger partial charge is 0.502 e. The monoisotopic (exact) mass is 276 g/mol. The van der Waals surface area contributed by atoms with Crippen LogP contribution in [0.2, 0.25) is 0 Å². The molecule has 0 aromatic heterocycles. The smallest absolute Gasteiger partial charge is 0.200 e. The minimum atomic E-state index is -0.204. The predicted octanol–water partition coefficient (Wildman–Crippen LogP) is 3.33. The van der Waals surface area contributed by atoms with Gasteiger partial charge in [0.05, 0.1) is 14.2 Å². The zero-order chi connectivity index (χ0) is 14.5. The number of benzene rings is 2. The molecular formula is C16H17FO3. The quantitative estimate of drug-likeness (QED) is 0.910. The average molecular weight is 276 g/mol. The van der Waals surface area contributed by atoms with Crippen LogP contribution in [-0.4, -0.2) is 19.3 Å². The van der Waals surface area contributed by atoms with Crippen LogP contribution in [0.5, 0.6) is 17.2 Å². The summed E-state index contributed by atoms with van der Waals surface area (Å²) in [6, 6.07) is 10.2. The number of halogens is 1. The topological polar surface area (TPSA) is 38.7 Å². The maximum atomic E-state index is 13.6. The van der Waals surface area contributed by atoms with Gasteiger partial charge in [-0.05, 0) is 42.2 Å². The lowest BCUT2D eigenvalue weighted by Crippen LogP contribution is -1.97. The van der Waals surface area contributed by atoms with Gasteiger partial charge in [0.25, 0.3) is 0 Å². The molecule has 0 saturated carbocycles. The summed E-state index contributed by atoms with van der Waals surface area (Å²) >= 11 is 0. The lowest BCUT2D eigenvalue weighted by molar-refractivity contribution is 0.339. The number of ether oxygens (including phenoxy) is 2. The van der Waals surface area contributed by atoms with Gasteiger partial charge in [-0.15, -0.1) is 0 Å². The first-order valence-corrected chi connectivity index (χ1v) is 6.33. The highest BCUT2D eigenvalue weighted by Gasteiger charge is 2.11. The van der Waals surface area contributed by atoms with Crippen LogP contribution >= 0.6 is 0 Å². The summed E-state index contributed by atoms with van der Waals surface area (Å²) in [6.45, 7) is 0. The molecule has 0 unspecified atom stereocenters. The van der Waals surface area contributed by atoms with Gasteiger partial charge in [-0.2, -0.15) is 0 Å². The molecule has 0 aliphatic carbocycles. The van der Waals surface area contributed by atoms with E-state index in [1.54, 1.807) is 24.3 Å². The lowest BCUT2D eigenvalue weighted by atomic mass is 10.0. The summed E-state index contributed by atoms with van der Waals surface area (Å²) in [5.74, 6) is 0.482. The standard InChI is InChI=1S/C16H17FO3/c1-19-14-9-11(10-15(20-2)16(14)18)7-8-12-5-3-4-6-13(12)17/h3-6,9-10,18H,7-8H2,1-2H3. The number of rotatable bonds is 5. The van der Waals surface area contributed by atoms with Crippen molar-refractivity contribution in [2.45, 2.75) is 12.8 Å². The Kier molecular flexibility index (Phi) is 4.45. The van der Waals surface area contributed by atoms with Crippen LogP contribution < -0.4 is 9.47 Å². The van der Waals surface area contributed by atoms with Gasteiger partial charge in [0.15, 0.2) is 11.5 Å². The molecule has 20 heavy (non-hydrogen) atoms. The fourth-order valence-corrected chi connectivity index (χ4v) is 2.07. The van der Waals surface area contributed by atoms with E-state index in [1.165, 1.54) is 20.3 Å². The number of phenols is 1. The molecule has 0 fully saturated rings. The van der Waals surface area contributed by atoms with Crippen molar-refractivity contribution in [2.24, 2.45) is 0 Å². The summed E-state index contributed by atoms with van der Waals surface area (Å²) in [7, 11) is 2.96. The molecule has 1 N–H and O–H groups in total. The van der Waals surface area contributed by atoms with E-state index in [0.29, 0.717) is 29.9 Å². The van der Waals surface area contributed by atoms with Gasteiger partial charge in [0.1, 0.15) is 5.82 Å². The Morgan fingerprint density at radius 3 is 2.15 bits per heavy atom. The molecule has 0 aliphatic heterocycles. The maximum absolute atomic E-state index is 13.6. The Morgan fingerprint density at radius 1 is 1.00 bits per heavy atom. The molecule has 2 aromatic rings. The second-order valence-electron chi connectivity index (χ2n) is 4.44. The van der Waals surface area contributed by atoms with Gasteiger partial charge in [0.2, 0.25) is 5.75 Å². The van der Waals surface area contributed by atoms with E-state index in [0.717, 1.165) is 5.56 Å². The van der Waals surface area contributed by atoms with Gasteiger partial charge in [-0.3, -0.25) is 0 Å². The Labute approximate surface area is 117 Å². The zero-order valence-corrected chi connectivity index (χ0v) is 11.5. The van der Waals surface area contributed by atoms with Crippen molar-refractivity contribution >= 4 is 0 Å². The third kappa shape index (κ3) is 3.02. The SMILES string of the molecule is COc1cc(CCc2ccccc2F)cc(OC)c1O. The molecular weight excluding hydrogens is 259 g/mol. The first kappa shape index (κ1) is 14.2. The highest BCUT2D eigenvalue weighted by molar-refractivity contribution is 5.52. The summed E-state index contributed by atoms with van der Waals surface area (Å²) in [5, 5.41) is 9.83. The van der Waals surface area contributed by atoms with E-state index in [-0.39, 0.29) is 11.6 Å². The zero-order valence-electron chi connectivity index (χ0n) is 11.5. The van der Waals surface area contributed by atoms with E-state index < -0.39 is 0 Å². The Morgan fingerprint density at radius 2 is 1.60 bits per heavy atom. The third-order valence-electron chi connectivity index (χ3n) is 3.18. The van der Waals surface area contributed by atoms with Crippen LogP contribution in [0.3, 0.4) is 0 Å². The first-order chi connectivity index (χ1) is 9.65. The molecule has 0 saturated heterocycles. The van der Waals surface area contributed by atoms with Crippen LogP contribution in [0.4, 0.5) is 4.39 Å². The van der Waals surface area contributed by atoms with Gasteiger partial charge >= 0.3 is 0 Å². The molecule has 106 valence electrons. The molecule has 0 amide bonds. The van der Waals surface area contributed by atoms with Crippen LogP contribution in [0, 0.1) is 5.82 Å². The van der Waals surface area contributed by atoms with Gasteiger partial charge in [0, 0.05) is 0 Å². The van der Waals surface area contributed by atoms with E-state index in [4.69, 9.17) is 9.47 Å². The lowest BCUT2D eigenvalue weighted by Gasteiger charge is -2.11. The molecule has 0 bridgehead atoms. The molecule has 0 heterocycles. The molecule has 3 nitrogen and oxygen atoms in total. The Balaban J connectivity index is 2.19. The van der Waals surface area contributed by atoms with Crippen LogP contribution in [0.15, 0.2) is 36.4 Å². The van der Waals surface area contributed by atoms with E-state index in [9.17, 15) is 9.50 Å². The van der Waals surface area contributed by atoms with Gasteiger partial charge < -0.3 is 14.6 Å². The van der Waals surface area contributed by atoms with E-state index in [2.05, 4.69) is 0 Å². The van der Waals surface area contributed by atoms with Crippen molar-refractivity contribution in [2.75, 3.05) is 14.2 Å². The highest BCUT2D eigenvalue weighted by Crippen LogP contribution is 2.37.